The molecule has 0 aliphatic carbocycles. The summed E-state index contributed by atoms with van der Waals surface area (Å²) < 4.78 is 61.1. The number of halogens is 3. The largest absolute Gasteiger partial charge is 0.534 e. The van der Waals surface area contributed by atoms with Crippen LogP contribution in [0.5, 0.6) is 0 Å². The quantitative estimate of drug-likeness (QED) is 0.459. The highest BCUT2D eigenvalue weighted by atomic mass is 32.2. The summed E-state index contributed by atoms with van der Waals surface area (Å²) in [6.45, 7) is 6.24. The number of hydrogen-bond donors (Lipinski definition) is 1. The van der Waals surface area contributed by atoms with Gasteiger partial charge in [0, 0.05) is 5.92 Å². The maximum Gasteiger partial charge on any atom is 0.534 e. The molecule has 0 aromatic heterocycles. The Morgan fingerprint density at radius 1 is 1.47 bits per heavy atom. The van der Waals surface area contributed by atoms with Crippen LogP contribution >= 0.6 is 0 Å². The molecule has 0 bridgehead atoms. The summed E-state index contributed by atoms with van der Waals surface area (Å²) in [5, 5.41) is 9.27. The normalized spacial score (nSPS) is 16.4. The predicted molar refractivity (Wildman–Crippen MR) is 55.3 cm³/mol. The summed E-state index contributed by atoms with van der Waals surface area (Å²) in [6, 6.07) is 0. The van der Waals surface area contributed by atoms with Crippen LogP contribution < -0.4 is 0 Å². The Bertz CT molecular complexity index is 361. The highest BCUT2D eigenvalue weighted by molar-refractivity contribution is 7.87. The standard InChI is InChI=1S/C9H15F3O4S/c1-4-8(13)5-6(2)7(3)16-17(14,15)9(10,11)12/h6,8,13H,3-5H2,1-2H3. The van der Waals surface area contributed by atoms with Crippen molar-refractivity contribution in [3.05, 3.63) is 12.3 Å². The van der Waals surface area contributed by atoms with Gasteiger partial charge in [-0.25, -0.2) is 0 Å². The van der Waals surface area contributed by atoms with Gasteiger partial charge >= 0.3 is 15.6 Å². The van der Waals surface area contributed by atoms with Crippen molar-refractivity contribution in [1.29, 1.82) is 0 Å². The van der Waals surface area contributed by atoms with Crippen LogP contribution in [0, 0.1) is 5.92 Å². The van der Waals surface area contributed by atoms with E-state index in [1.165, 1.54) is 6.92 Å². The second-order valence-electron chi connectivity index (χ2n) is 3.65. The molecular weight excluding hydrogens is 261 g/mol. The molecule has 0 fully saturated rings. The van der Waals surface area contributed by atoms with Gasteiger partial charge in [-0.15, -0.1) is 0 Å². The zero-order chi connectivity index (χ0) is 13.9. The van der Waals surface area contributed by atoms with E-state index in [9.17, 15) is 26.7 Å². The fraction of sp³-hybridized carbons (Fsp3) is 0.778. The van der Waals surface area contributed by atoms with E-state index >= 15 is 0 Å². The minimum atomic E-state index is -5.67. The van der Waals surface area contributed by atoms with Crippen molar-refractivity contribution in [3.8, 4) is 0 Å². The molecule has 0 aromatic carbocycles. The van der Waals surface area contributed by atoms with Crippen LogP contribution in [-0.4, -0.2) is 25.1 Å². The molecule has 4 nitrogen and oxygen atoms in total. The third kappa shape index (κ3) is 4.95. The highest BCUT2D eigenvalue weighted by Gasteiger charge is 2.49. The lowest BCUT2D eigenvalue weighted by Crippen LogP contribution is -2.26. The molecule has 0 saturated heterocycles. The summed E-state index contributed by atoms with van der Waals surface area (Å²) in [5.74, 6) is -1.23. The molecule has 102 valence electrons. The molecule has 0 aliphatic rings. The monoisotopic (exact) mass is 276 g/mol. The summed E-state index contributed by atoms with van der Waals surface area (Å²) in [6.07, 6.45) is -0.245. The highest BCUT2D eigenvalue weighted by Crippen LogP contribution is 2.29. The summed E-state index contributed by atoms with van der Waals surface area (Å²) in [4.78, 5) is 0. The van der Waals surface area contributed by atoms with Gasteiger partial charge in [-0.2, -0.15) is 21.6 Å². The van der Waals surface area contributed by atoms with Crippen molar-refractivity contribution in [3.63, 3.8) is 0 Å². The smallest absolute Gasteiger partial charge is 0.393 e. The van der Waals surface area contributed by atoms with Crippen molar-refractivity contribution in [1.82, 2.24) is 0 Å². The van der Waals surface area contributed by atoms with E-state index in [0.717, 1.165) is 0 Å². The predicted octanol–water partition coefficient (Wildman–Crippen LogP) is 2.16. The Morgan fingerprint density at radius 3 is 2.29 bits per heavy atom. The molecule has 17 heavy (non-hydrogen) atoms. The Labute approximate surface area is 98.2 Å². The summed E-state index contributed by atoms with van der Waals surface area (Å²) >= 11 is 0. The van der Waals surface area contributed by atoms with Crippen molar-refractivity contribution in [2.24, 2.45) is 5.92 Å². The van der Waals surface area contributed by atoms with E-state index in [-0.39, 0.29) is 6.42 Å². The van der Waals surface area contributed by atoms with E-state index in [0.29, 0.717) is 6.42 Å². The molecule has 2 unspecified atom stereocenters. The van der Waals surface area contributed by atoms with Gasteiger partial charge in [-0.1, -0.05) is 20.4 Å². The SMILES string of the molecule is C=C(OS(=O)(=O)C(F)(F)F)C(C)CC(O)CC. The number of rotatable bonds is 6. The Morgan fingerprint density at radius 2 is 1.94 bits per heavy atom. The third-order valence-electron chi connectivity index (χ3n) is 2.15. The number of alkyl halides is 3. The van der Waals surface area contributed by atoms with Gasteiger partial charge in [0.1, 0.15) is 5.76 Å². The first-order chi connectivity index (χ1) is 7.51. The topological polar surface area (TPSA) is 63.6 Å². The average Bonchev–Trinajstić information content (AvgIpc) is 2.14. The van der Waals surface area contributed by atoms with Gasteiger partial charge in [0.25, 0.3) is 0 Å². The van der Waals surface area contributed by atoms with Crippen molar-refractivity contribution < 1.29 is 30.9 Å². The Balaban J connectivity index is 4.56. The summed E-state index contributed by atoms with van der Waals surface area (Å²) in [5.41, 5.74) is -5.47. The van der Waals surface area contributed by atoms with E-state index in [4.69, 9.17) is 0 Å². The van der Waals surface area contributed by atoms with E-state index < -0.39 is 33.4 Å². The number of allylic oxidation sites excluding steroid dienone is 1. The number of aliphatic hydroxyl groups is 1. The molecule has 0 aliphatic heterocycles. The zero-order valence-electron chi connectivity index (χ0n) is 9.49. The lowest BCUT2D eigenvalue weighted by molar-refractivity contribution is -0.0527. The Hall–Kier alpha value is -0.760. The molecule has 2 atom stereocenters. The van der Waals surface area contributed by atoms with Gasteiger partial charge in [0.2, 0.25) is 0 Å². The first-order valence-corrected chi connectivity index (χ1v) is 6.29. The van der Waals surface area contributed by atoms with Crippen LogP contribution in [0.2, 0.25) is 0 Å². The Kier molecular flexibility index (Phi) is 5.47. The average molecular weight is 276 g/mol. The van der Waals surface area contributed by atoms with E-state index in [1.54, 1.807) is 6.92 Å². The van der Waals surface area contributed by atoms with Gasteiger partial charge in [0.05, 0.1) is 6.10 Å². The number of aliphatic hydroxyl groups excluding tert-OH is 1. The molecule has 1 N–H and O–H groups in total. The van der Waals surface area contributed by atoms with Gasteiger partial charge in [-0.3, -0.25) is 0 Å². The molecular formula is C9H15F3O4S. The molecule has 0 heterocycles. The fourth-order valence-corrected chi connectivity index (χ4v) is 1.52. The molecule has 0 spiro atoms. The molecule has 0 saturated carbocycles. The minimum absolute atomic E-state index is 0.0860. The van der Waals surface area contributed by atoms with Crippen LogP contribution in [0.1, 0.15) is 26.7 Å². The molecule has 8 heteroatoms. The maximum absolute atomic E-state index is 12.0. The van der Waals surface area contributed by atoms with Crippen LogP contribution in [0.25, 0.3) is 0 Å². The van der Waals surface area contributed by atoms with Crippen molar-refractivity contribution in [2.75, 3.05) is 0 Å². The third-order valence-corrected chi connectivity index (χ3v) is 3.15. The van der Waals surface area contributed by atoms with E-state index in [2.05, 4.69) is 10.8 Å². The van der Waals surface area contributed by atoms with Crippen LogP contribution in [0.4, 0.5) is 13.2 Å². The van der Waals surface area contributed by atoms with E-state index in [1.807, 2.05) is 0 Å². The number of hydrogen-bond acceptors (Lipinski definition) is 4. The van der Waals surface area contributed by atoms with Crippen LogP contribution in [0.15, 0.2) is 12.3 Å². The lowest BCUT2D eigenvalue weighted by Gasteiger charge is -2.18. The molecule has 0 amide bonds. The fourth-order valence-electron chi connectivity index (χ4n) is 0.977. The summed E-state index contributed by atoms with van der Waals surface area (Å²) in [7, 11) is -5.67. The molecule has 0 radical (unpaired) electrons. The van der Waals surface area contributed by atoms with Crippen LogP contribution in [-0.2, 0) is 14.3 Å². The maximum atomic E-state index is 12.0. The second kappa shape index (κ2) is 5.72. The van der Waals surface area contributed by atoms with Crippen molar-refractivity contribution >= 4 is 10.1 Å². The first-order valence-electron chi connectivity index (χ1n) is 4.88. The van der Waals surface area contributed by atoms with Gasteiger partial charge in [-0.05, 0) is 12.8 Å². The first kappa shape index (κ1) is 16.2. The van der Waals surface area contributed by atoms with Gasteiger partial charge < -0.3 is 9.29 Å². The molecule has 0 aromatic rings. The van der Waals surface area contributed by atoms with Crippen molar-refractivity contribution in [2.45, 2.75) is 38.3 Å². The second-order valence-corrected chi connectivity index (χ2v) is 5.19. The molecule has 0 rings (SSSR count). The lowest BCUT2D eigenvalue weighted by atomic mass is 10.0. The zero-order valence-corrected chi connectivity index (χ0v) is 10.3. The van der Waals surface area contributed by atoms with Crippen LogP contribution in [0.3, 0.4) is 0 Å². The minimum Gasteiger partial charge on any atom is -0.393 e. The van der Waals surface area contributed by atoms with Gasteiger partial charge in [0.15, 0.2) is 0 Å².